The molecule has 0 unspecified atom stereocenters. The summed E-state index contributed by atoms with van der Waals surface area (Å²) in [6.45, 7) is 1.02. The third kappa shape index (κ3) is 5.44. The molecular weight excluding hydrogens is 449 g/mol. The Hall–Kier alpha value is -2.29. The summed E-state index contributed by atoms with van der Waals surface area (Å²) in [7, 11) is -3.82. The standard InChI is InChI=1S/C20H21Cl2N3O4S/c21-17-6-5-16(12-18(17)22)30(28,29)24-15-3-1-13(2-4-15)11-19(26)25-9-7-14(8-10-25)20(23)27/h1-6,12,14,24H,7-11H2,(H2,23,27). The zero-order valence-corrected chi connectivity index (χ0v) is 18.3. The molecule has 2 aromatic carbocycles. The second-order valence-electron chi connectivity index (χ2n) is 7.11. The Kier molecular flexibility index (Phi) is 6.90. The second-order valence-corrected chi connectivity index (χ2v) is 9.61. The van der Waals surface area contributed by atoms with Crippen LogP contribution in [0.5, 0.6) is 0 Å². The molecule has 7 nitrogen and oxygen atoms in total. The fourth-order valence-corrected chi connectivity index (χ4v) is 4.70. The number of halogens is 2. The summed E-state index contributed by atoms with van der Waals surface area (Å²) in [6.07, 6.45) is 1.36. The maximum Gasteiger partial charge on any atom is 0.261 e. The summed E-state index contributed by atoms with van der Waals surface area (Å²) < 4.78 is 27.5. The number of nitrogens with one attached hydrogen (secondary N) is 1. The van der Waals surface area contributed by atoms with Crippen molar-refractivity contribution in [3.63, 3.8) is 0 Å². The van der Waals surface area contributed by atoms with E-state index in [0.29, 0.717) is 31.6 Å². The number of nitrogens with two attached hydrogens (primary N) is 1. The van der Waals surface area contributed by atoms with Crippen LogP contribution >= 0.6 is 23.2 Å². The molecule has 10 heteroatoms. The maximum atomic E-state index is 12.5. The predicted molar refractivity (Wildman–Crippen MR) is 116 cm³/mol. The van der Waals surface area contributed by atoms with Gasteiger partial charge in [0.1, 0.15) is 0 Å². The molecular formula is C20H21Cl2N3O4S. The largest absolute Gasteiger partial charge is 0.369 e. The highest BCUT2D eigenvalue weighted by atomic mass is 35.5. The lowest BCUT2D eigenvalue weighted by Crippen LogP contribution is -2.42. The lowest BCUT2D eigenvalue weighted by atomic mass is 9.96. The summed E-state index contributed by atoms with van der Waals surface area (Å²) in [6, 6.07) is 10.6. The maximum absolute atomic E-state index is 12.5. The Morgan fingerprint density at radius 3 is 2.23 bits per heavy atom. The van der Waals surface area contributed by atoms with Crippen molar-refractivity contribution >= 4 is 50.7 Å². The van der Waals surface area contributed by atoms with Crippen LogP contribution in [0.4, 0.5) is 5.69 Å². The van der Waals surface area contributed by atoms with Gasteiger partial charge in [-0.1, -0.05) is 35.3 Å². The van der Waals surface area contributed by atoms with Crippen LogP contribution in [0.1, 0.15) is 18.4 Å². The number of primary amides is 1. The average molecular weight is 470 g/mol. The third-order valence-electron chi connectivity index (χ3n) is 5.01. The normalized spacial score (nSPS) is 15.1. The van der Waals surface area contributed by atoms with Gasteiger partial charge in [-0.3, -0.25) is 14.3 Å². The molecule has 1 heterocycles. The number of benzene rings is 2. The molecule has 0 spiro atoms. The first-order valence-corrected chi connectivity index (χ1v) is 11.5. The summed E-state index contributed by atoms with van der Waals surface area (Å²) >= 11 is 11.7. The summed E-state index contributed by atoms with van der Waals surface area (Å²) in [5.41, 5.74) is 6.44. The van der Waals surface area contributed by atoms with E-state index in [-0.39, 0.29) is 39.1 Å². The fraction of sp³-hybridized carbons (Fsp3) is 0.300. The van der Waals surface area contributed by atoms with Crippen molar-refractivity contribution in [1.29, 1.82) is 0 Å². The Morgan fingerprint density at radius 1 is 1.03 bits per heavy atom. The van der Waals surface area contributed by atoms with Gasteiger partial charge in [-0.05, 0) is 48.7 Å². The molecule has 0 aromatic heterocycles. The van der Waals surface area contributed by atoms with Crippen LogP contribution in [0, 0.1) is 5.92 Å². The molecule has 3 N–H and O–H groups in total. The minimum Gasteiger partial charge on any atom is -0.369 e. The number of hydrogen-bond acceptors (Lipinski definition) is 4. The highest BCUT2D eigenvalue weighted by molar-refractivity contribution is 7.92. The van der Waals surface area contributed by atoms with Crippen LogP contribution in [0.25, 0.3) is 0 Å². The topological polar surface area (TPSA) is 110 Å². The van der Waals surface area contributed by atoms with Crippen molar-refractivity contribution in [2.75, 3.05) is 17.8 Å². The number of amides is 2. The fourth-order valence-electron chi connectivity index (χ4n) is 3.25. The van der Waals surface area contributed by atoms with Crippen molar-refractivity contribution in [3.05, 3.63) is 58.1 Å². The van der Waals surface area contributed by atoms with Gasteiger partial charge in [-0.2, -0.15) is 0 Å². The van der Waals surface area contributed by atoms with Crippen LogP contribution in [-0.4, -0.2) is 38.2 Å². The summed E-state index contributed by atoms with van der Waals surface area (Å²) in [4.78, 5) is 25.4. The van der Waals surface area contributed by atoms with Gasteiger partial charge in [0.25, 0.3) is 10.0 Å². The van der Waals surface area contributed by atoms with E-state index in [0.717, 1.165) is 5.56 Å². The van der Waals surface area contributed by atoms with Crippen LogP contribution in [0.15, 0.2) is 47.4 Å². The van der Waals surface area contributed by atoms with Gasteiger partial charge in [0.2, 0.25) is 11.8 Å². The quantitative estimate of drug-likeness (QED) is 0.676. The first-order valence-electron chi connectivity index (χ1n) is 9.29. The zero-order chi connectivity index (χ0) is 21.9. The number of sulfonamides is 1. The lowest BCUT2D eigenvalue weighted by Gasteiger charge is -2.30. The number of likely N-dealkylation sites (tertiary alicyclic amines) is 1. The molecule has 0 atom stereocenters. The van der Waals surface area contributed by atoms with Gasteiger partial charge < -0.3 is 10.6 Å². The first kappa shape index (κ1) is 22.4. The van der Waals surface area contributed by atoms with Crippen molar-refractivity contribution in [2.24, 2.45) is 11.7 Å². The molecule has 3 rings (SSSR count). The van der Waals surface area contributed by atoms with Crippen molar-refractivity contribution < 1.29 is 18.0 Å². The van der Waals surface area contributed by atoms with E-state index >= 15 is 0 Å². The molecule has 1 aliphatic heterocycles. The predicted octanol–water partition coefficient (Wildman–Crippen LogP) is 3.06. The summed E-state index contributed by atoms with van der Waals surface area (Å²) in [5, 5.41) is 0.414. The lowest BCUT2D eigenvalue weighted by molar-refractivity contribution is -0.134. The van der Waals surface area contributed by atoms with Crippen LogP contribution in [-0.2, 0) is 26.0 Å². The number of hydrogen-bond donors (Lipinski definition) is 2. The van der Waals surface area contributed by atoms with E-state index in [9.17, 15) is 18.0 Å². The average Bonchev–Trinajstić information content (AvgIpc) is 2.71. The van der Waals surface area contributed by atoms with Gasteiger partial charge in [-0.15, -0.1) is 0 Å². The summed E-state index contributed by atoms with van der Waals surface area (Å²) in [5.74, 6) is -0.528. The number of carbonyl (C=O) groups is 2. The van der Waals surface area contributed by atoms with Gasteiger partial charge in [0, 0.05) is 24.7 Å². The van der Waals surface area contributed by atoms with Gasteiger partial charge in [0.15, 0.2) is 0 Å². The molecule has 30 heavy (non-hydrogen) atoms. The van der Waals surface area contributed by atoms with E-state index < -0.39 is 10.0 Å². The minimum atomic E-state index is -3.82. The van der Waals surface area contributed by atoms with Crippen molar-refractivity contribution in [3.8, 4) is 0 Å². The van der Waals surface area contributed by atoms with Crippen molar-refractivity contribution in [1.82, 2.24) is 4.90 Å². The molecule has 0 aliphatic carbocycles. The molecule has 0 saturated carbocycles. The number of nitrogens with zero attached hydrogens (tertiary/aromatic N) is 1. The number of carbonyl (C=O) groups excluding carboxylic acids is 2. The Bertz CT molecular complexity index is 1050. The molecule has 1 fully saturated rings. The number of rotatable bonds is 6. The van der Waals surface area contributed by atoms with Crippen LogP contribution < -0.4 is 10.5 Å². The molecule has 0 radical (unpaired) electrons. The monoisotopic (exact) mass is 469 g/mol. The smallest absolute Gasteiger partial charge is 0.261 e. The van der Waals surface area contributed by atoms with E-state index in [2.05, 4.69) is 4.72 Å². The number of piperidine rings is 1. The molecule has 2 aromatic rings. The molecule has 1 aliphatic rings. The molecule has 160 valence electrons. The van der Waals surface area contributed by atoms with Crippen LogP contribution in [0.2, 0.25) is 10.0 Å². The molecule has 1 saturated heterocycles. The Labute approximate surface area is 185 Å². The van der Waals surface area contributed by atoms with E-state index in [1.165, 1.54) is 18.2 Å². The third-order valence-corrected chi connectivity index (χ3v) is 7.13. The highest BCUT2D eigenvalue weighted by Crippen LogP contribution is 2.26. The Morgan fingerprint density at radius 2 is 1.67 bits per heavy atom. The molecule has 2 amide bonds. The van der Waals surface area contributed by atoms with E-state index in [1.54, 1.807) is 29.2 Å². The van der Waals surface area contributed by atoms with E-state index in [4.69, 9.17) is 28.9 Å². The van der Waals surface area contributed by atoms with Gasteiger partial charge >= 0.3 is 0 Å². The molecule has 0 bridgehead atoms. The van der Waals surface area contributed by atoms with Gasteiger partial charge in [0.05, 0.1) is 21.4 Å². The first-order chi connectivity index (χ1) is 14.2. The number of anilines is 1. The Balaban J connectivity index is 1.60. The van der Waals surface area contributed by atoms with Crippen molar-refractivity contribution in [2.45, 2.75) is 24.2 Å². The highest BCUT2D eigenvalue weighted by Gasteiger charge is 2.25. The second kappa shape index (κ2) is 9.24. The SMILES string of the molecule is NC(=O)C1CCN(C(=O)Cc2ccc(NS(=O)(=O)c3ccc(Cl)c(Cl)c3)cc2)CC1. The van der Waals surface area contributed by atoms with Crippen LogP contribution in [0.3, 0.4) is 0 Å². The van der Waals surface area contributed by atoms with Gasteiger partial charge in [-0.25, -0.2) is 8.42 Å². The van der Waals surface area contributed by atoms with E-state index in [1.807, 2.05) is 0 Å². The zero-order valence-electron chi connectivity index (χ0n) is 16.0. The minimum absolute atomic E-state index is 0.00415.